The van der Waals surface area contributed by atoms with Crippen molar-refractivity contribution in [1.82, 2.24) is 0 Å². The maximum atomic E-state index is 5.98. The van der Waals surface area contributed by atoms with Crippen LogP contribution >= 0.6 is 28.3 Å². The second-order valence-corrected chi connectivity index (χ2v) is 17.6. The third-order valence-electron chi connectivity index (χ3n) is 2.54. The fraction of sp³-hybridized carbons (Fsp3) is 0.500. The number of halogens is 3. The first-order valence-corrected chi connectivity index (χ1v) is 14.2. The summed E-state index contributed by atoms with van der Waals surface area (Å²) in [4.78, 5) is 0. The molecule has 0 atom stereocenters. The van der Waals surface area contributed by atoms with Gasteiger partial charge in [-0.3, -0.25) is 0 Å². The zero-order chi connectivity index (χ0) is 13.2. The SMILES string of the molecule is CC(C)c1cccc(C(C)C)c1[N]=[Mo]([Cl])([Cl])[Cl]. The average molecular weight is 378 g/mol. The average Bonchev–Trinajstić information content (AvgIpc) is 2.14. The molecular formula is C12H17Cl3MoN. The Morgan fingerprint density at radius 3 is 1.65 bits per heavy atom. The molecule has 0 unspecified atom stereocenters. The summed E-state index contributed by atoms with van der Waals surface area (Å²) in [5.74, 6) is 0.755. The van der Waals surface area contributed by atoms with E-state index in [2.05, 4.69) is 49.4 Å². The van der Waals surface area contributed by atoms with Crippen molar-refractivity contribution < 1.29 is 12.8 Å². The van der Waals surface area contributed by atoms with Crippen LogP contribution in [-0.4, -0.2) is 0 Å². The van der Waals surface area contributed by atoms with Crippen molar-refractivity contribution in [1.29, 1.82) is 0 Å². The maximum absolute atomic E-state index is 5.98. The molecule has 1 aromatic rings. The van der Waals surface area contributed by atoms with Crippen LogP contribution in [0.4, 0.5) is 5.69 Å². The summed E-state index contributed by atoms with van der Waals surface area (Å²) in [6, 6.07) is 6.18. The van der Waals surface area contributed by atoms with Crippen LogP contribution in [0.2, 0.25) is 0 Å². The fourth-order valence-corrected chi connectivity index (χ4v) is 3.97. The number of nitrogens with zero attached hydrogens (tertiary/aromatic N) is 1. The Balaban J connectivity index is 3.51. The quantitative estimate of drug-likeness (QED) is 0.543. The number of rotatable bonds is 3. The second kappa shape index (κ2) is 6.15. The van der Waals surface area contributed by atoms with E-state index in [-0.39, 0.29) is 0 Å². The number of hydrogen-bond donors (Lipinski definition) is 0. The van der Waals surface area contributed by atoms with Gasteiger partial charge in [0.2, 0.25) is 0 Å². The summed E-state index contributed by atoms with van der Waals surface area (Å²) < 4.78 is 4.42. The molecule has 0 amide bonds. The van der Waals surface area contributed by atoms with Gasteiger partial charge in [-0.1, -0.05) is 0 Å². The molecule has 0 bridgehead atoms. The molecule has 5 heteroatoms. The summed E-state index contributed by atoms with van der Waals surface area (Å²) in [5.41, 5.74) is 3.22. The zero-order valence-electron chi connectivity index (χ0n) is 10.4. The van der Waals surface area contributed by atoms with Crippen molar-refractivity contribution in [3.05, 3.63) is 29.3 Å². The van der Waals surface area contributed by atoms with Crippen LogP contribution in [0.25, 0.3) is 0 Å². The second-order valence-electron chi connectivity index (χ2n) is 4.57. The molecule has 0 radical (unpaired) electrons. The van der Waals surface area contributed by atoms with E-state index < -0.39 is 12.8 Å². The molecule has 0 saturated carbocycles. The van der Waals surface area contributed by atoms with E-state index >= 15 is 0 Å². The summed E-state index contributed by atoms with van der Waals surface area (Å²) in [6.07, 6.45) is 0. The van der Waals surface area contributed by atoms with Crippen molar-refractivity contribution in [3.8, 4) is 0 Å². The van der Waals surface area contributed by atoms with E-state index in [9.17, 15) is 0 Å². The fourth-order valence-electron chi connectivity index (χ4n) is 1.72. The van der Waals surface area contributed by atoms with Gasteiger partial charge in [0.05, 0.1) is 0 Å². The Morgan fingerprint density at radius 2 is 1.35 bits per heavy atom. The van der Waals surface area contributed by atoms with Gasteiger partial charge in [0.1, 0.15) is 0 Å². The summed E-state index contributed by atoms with van der Waals surface area (Å²) in [6.45, 7) is 8.52. The Bertz CT molecular complexity index is 415. The normalized spacial score (nSPS) is 12.3. The molecule has 0 aliphatic carbocycles. The molecule has 0 spiro atoms. The summed E-state index contributed by atoms with van der Waals surface area (Å²) >= 11 is -3.53. The van der Waals surface area contributed by atoms with Crippen LogP contribution in [0.3, 0.4) is 0 Å². The van der Waals surface area contributed by atoms with Crippen LogP contribution in [0, 0.1) is 0 Å². The molecule has 0 fully saturated rings. The van der Waals surface area contributed by atoms with Gasteiger partial charge in [-0.25, -0.2) is 0 Å². The first-order valence-electron chi connectivity index (χ1n) is 5.50. The third kappa shape index (κ3) is 4.63. The minimum absolute atomic E-state index is 0.377. The van der Waals surface area contributed by atoms with Crippen LogP contribution in [0.15, 0.2) is 21.7 Å². The topological polar surface area (TPSA) is 12.4 Å². The number of benzene rings is 1. The van der Waals surface area contributed by atoms with Crippen LogP contribution < -0.4 is 0 Å². The van der Waals surface area contributed by atoms with Crippen molar-refractivity contribution in [2.24, 2.45) is 3.50 Å². The van der Waals surface area contributed by atoms with Crippen molar-refractivity contribution >= 4 is 33.9 Å². The molecule has 0 heterocycles. The van der Waals surface area contributed by atoms with Gasteiger partial charge in [0.15, 0.2) is 0 Å². The standard InChI is InChI=1S/C12H17N.3ClH.Mo/c1-8(2)10-6-5-7-11(9(3)4)12(10)13;;;;/h5-9H,1-4H3;3*1H;/q;;;;+3/p-3. The molecule has 0 aromatic heterocycles. The Morgan fingerprint density at radius 1 is 0.941 bits per heavy atom. The van der Waals surface area contributed by atoms with Crippen molar-refractivity contribution in [3.63, 3.8) is 0 Å². The molecule has 0 aliphatic rings. The van der Waals surface area contributed by atoms with Gasteiger partial charge in [-0.2, -0.15) is 0 Å². The van der Waals surface area contributed by atoms with Gasteiger partial charge < -0.3 is 0 Å². The van der Waals surface area contributed by atoms with Gasteiger partial charge >= 0.3 is 119 Å². The summed E-state index contributed by atoms with van der Waals surface area (Å²) in [7, 11) is 17.9. The van der Waals surface area contributed by atoms with Gasteiger partial charge in [0, 0.05) is 0 Å². The molecule has 1 aromatic carbocycles. The van der Waals surface area contributed by atoms with Crippen molar-refractivity contribution in [2.75, 3.05) is 0 Å². The van der Waals surface area contributed by atoms with Gasteiger partial charge in [-0.05, 0) is 0 Å². The third-order valence-corrected chi connectivity index (χ3v) is 4.72. The number of hydrogen-bond acceptors (Lipinski definition) is 1. The first kappa shape index (κ1) is 15.6. The van der Waals surface area contributed by atoms with Crippen LogP contribution in [0.5, 0.6) is 0 Å². The van der Waals surface area contributed by atoms with Crippen molar-refractivity contribution in [2.45, 2.75) is 39.5 Å². The molecular weight excluding hydrogens is 360 g/mol. The molecule has 0 N–H and O–H groups in total. The van der Waals surface area contributed by atoms with E-state index in [1.165, 1.54) is 0 Å². The van der Waals surface area contributed by atoms with E-state index in [0.29, 0.717) is 11.8 Å². The Labute approximate surface area is 118 Å². The van der Waals surface area contributed by atoms with Gasteiger partial charge in [0.25, 0.3) is 0 Å². The summed E-state index contributed by atoms with van der Waals surface area (Å²) in [5, 5.41) is 0. The molecule has 0 aliphatic heterocycles. The molecule has 1 rings (SSSR count). The monoisotopic (exact) mass is 378 g/mol. The zero-order valence-corrected chi connectivity index (χ0v) is 14.7. The van der Waals surface area contributed by atoms with E-state index in [0.717, 1.165) is 16.8 Å². The molecule has 97 valence electrons. The van der Waals surface area contributed by atoms with E-state index in [1.54, 1.807) is 0 Å². The van der Waals surface area contributed by atoms with E-state index in [4.69, 9.17) is 28.3 Å². The Hall–Kier alpha value is 0.578. The van der Waals surface area contributed by atoms with Crippen LogP contribution in [-0.2, 0) is 12.8 Å². The molecule has 17 heavy (non-hydrogen) atoms. The van der Waals surface area contributed by atoms with E-state index in [1.807, 2.05) is 0 Å². The predicted octanol–water partition coefficient (Wildman–Crippen LogP) is 6.36. The molecule has 1 nitrogen and oxygen atoms in total. The van der Waals surface area contributed by atoms with Gasteiger partial charge in [-0.15, -0.1) is 0 Å². The predicted molar refractivity (Wildman–Crippen MR) is 74.3 cm³/mol. The Kier molecular flexibility index (Phi) is 5.66. The van der Waals surface area contributed by atoms with Crippen LogP contribution in [0.1, 0.15) is 50.7 Å². The first-order chi connectivity index (χ1) is 7.72. The molecule has 0 saturated heterocycles. The minimum atomic E-state index is -3.53.